The van der Waals surface area contributed by atoms with E-state index in [0.717, 1.165) is 18.4 Å². The first-order valence-electron chi connectivity index (χ1n) is 7.27. The van der Waals surface area contributed by atoms with Crippen LogP contribution in [-0.4, -0.2) is 35.7 Å². The molecule has 0 saturated heterocycles. The zero-order valence-electron chi connectivity index (χ0n) is 11.8. The van der Waals surface area contributed by atoms with Crippen molar-refractivity contribution in [2.24, 2.45) is 5.73 Å². The van der Waals surface area contributed by atoms with E-state index in [2.05, 4.69) is 4.90 Å². The van der Waals surface area contributed by atoms with Gasteiger partial charge < -0.3 is 5.73 Å². The summed E-state index contributed by atoms with van der Waals surface area (Å²) in [5, 5.41) is 0. The summed E-state index contributed by atoms with van der Waals surface area (Å²) in [7, 11) is 0. The lowest BCUT2D eigenvalue weighted by molar-refractivity contribution is -0.119. The van der Waals surface area contributed by atoms with Crippen LogP contribution in [0.15, 0.2) is 30.3 Å². The molecule has 1 saturated carbocycles. The lowest BCUT2D eigenvalue weighted by atomic mass is 10.1. The van der Waals surface area contributed by atoms with E-state index >= 15 is 0 Å². The highest BCUT2D eigenvalue weighted by molar-refractivity contribution is 5.96. The van der Waals surface area contributed by atoms with Gasteiger partial charge in [0.15, 0.2) is 5.78 Å². The predicted molar refractivity (Wildman–Crippen MR) is 78.4 cm³/mol. The lowest BCUT2D eigenvalue weighted by Crippen LogP contribution is -2.41. The Bertz CT molecular complexity index is 453. The van der Waals surface area contributed by atoms with E-state index in [1.807, 2.05) is 30.3 Å². The molecule has 1 aromatic carbocycles. The Morgan fingerprint density at radius 1 is 1.15 bits per heavy atom. The third kappa shape index (κ3) is 4.17. The van der Waals surface area contributed by atoms with Crippen molar-refractivity contribution in [1.82, 2.24) is 4.90 Å². The molecular formula is C16H22N2O2. The molecule has 1 aliphatic carbocycles. The fraction of sp³-hybridized carbons (Fsp3) is 0.500. The number of nitrogens with zero attached hydrogens (tertiary/aromatic N) is 1. The molecule has 2 rings (SSSR count). The summed E-state index contributed by atoms with van der Waals surface area (Å²) in [5.74, 6) is -0.192. The number of carbonyl (C=O) groups excluding carboxylic acids is 2. The van der Waals surface area contributed by atoms with Gasteiger partial charge in [0.1, 0.15) is 0 Å². The summed E-state index contributed by atoms with van der Waals surface area (Å²) >= 11 is 0. The van der Waals surface area contributed by atoms with Gasteiger partial charge in [-0.2, -0.15) is 0 Å². The van der Waals surface area contributed by atoms with Crippen molar-refractivity contribution in [3.05, 3.63) is 35.9 Å². The van der Waals surface area contributed by atoms with Crippen LogP contribution in [0.2, 0.25) is 0 Å². The third-order valence-electron chi connectivity index (χ3n) is 3.92. The summed E-state index contributed by atoms with van der Waals surface area (Å²) in [6.07, 6.45) is 5.05. The highest BCUT2D eigenvalue weighted by Gasteiger charge is 2.24. The summed E-state index contributed by atoms with van der Waals surface area (Å²) in [4.78, 5) is 25.4. The molecule has 1 amide bonds. The van der Waals surface area contributed by atoms with Gasteiger partial charge in [-0.1, -0.05) is 43.2 Å². The van der Waals surface area contributed by atoms with Crippen molar-refractivity contribution >= 4 is 11.7 Å². The Hall–Kier alpha value is -1.68. The van der Waals surface area contributed by atoms with Crippen LogP contribution in [0.1, 0.15) is 42.5 Å². The second kappa shape index (κ2) is 7.20. The number of Topliss-reactive ketones (excluding diaryl/α,β-unsaturated/α-hetero) is 1. The zero-order valence-corrected chi connectivity index (χ0v) is 11.8. The quantitative estimate of drug-likeness (QED) is 0.773. The number of benzene rings is 1. The smallest absolute Gasteiger partial charge is 0.231 e. The second-order valence-corrected chi connectivity index (χ2v) is 5.41. The van der Waals surface area contributed by atoms with E-state index in [4.69, 9.17) is 5.73 Å². The summed E-state index contributed by atoms with van der Waals surface area (Å²) in [5.41, 5.74) is 6.05. The average Bonchev–Trinajstić information content (AvgIpc) is 2.97. The maximum absolute atomic E-state index is 12.1. The average molecular weight is 274 g/mol. The van der Waals surface area contributed by atoms with Gasteiger partial charge >= 0.3 is 0 Å². The Labute approximate surface area is 119 Å². The van der Waals surface area contributed by atoms with E-state index in [9.17, 15) is 9.59 Å². The van der Waals surface area contributed by atoms with Gasteiger partial charge in [0.05, 0.1) is 6.54 Å². The van der Waals surface area contributed by atoms with Crippen LogP contribution >= 0.6 is 0 Å². The van der Waals surface area contributed by atoms with Crippen molar-refractivity contribution in [2.45, 2.75) is 38.1 Å². The van der Waals surface area contributed by atoms with Crippen molar-refractivity contribution in [2.75, 3.05) is 13.1 Å². The molecule has 0 bridgehead atoms. The van der Waals surface area contributed by atoms with Gasteiger partial charge in [0.25, 0.3) is 0 Å². The Morgan fingerprint density at radius 3 is 2.40 bits per heavy atom. The van der Waals surface area contributed by atoms with Gasteiger partial charge in [0.2, 0.25) is 5.91 Å². The van der Waals surface area contributed by atoms with Gasteiger partial charge in [-0.25, -0.2) is 0 Å². The molecule has 20 heavy (non-hydrogen) atoms. The summed E-state index contributed by atoms with van der Waals surface area (Å²) in [6, 6.07) is 9.70. The van der Waals surface area contributed by atoms with E-state index in [-0.39, 0.29) is 18.2 Å². The Kier molecular flexibility index (Phi) is 5.30. The molecule has 108 valence electrons. The monoisotopic (exact) mass is 274 g/mol. The van der Waals surface area contributed by atoms with Crippen LogP contribution < -0.4 is 5.73 Å². The van der Waals surface area contributed by atoms with Crippen LogP contribution in [0.25, 0.3) is 0 Å². The number of rotatable bonds is 7. The van der Waals surface area contributed by atoms with Crippen LogP contribution in [0.5, 0.6) is 0 Å². The molecule has 0 atom stereocenters. The number of hydrogen-bond donors (Lipinski definition) is 1. The molecule has 2 N–H and O–H groups in total. The van der Waals surface area contributed by atoms with E-state index < -0.39 is 0 Å². The summed E-state index contributed by atoms with van der Waals surface area (Å²) < 4.78 is 0. The normalized spacial score (nSPS) is 15.7. The number of ketones is 1. The van der Waals surface area contributed by atoms with E-state index in [1.165, 1.54) is 12.8 Å². The molecular weight excluding hydrogens is 252 g/mol. The minimum absolute atomic E-state index is 0.123. The minimum Gasteiger partial charge on any atom is -0.369 e. The number of amides is 1. The topological polar surface area (TPSA) is 63.4 Å². The molecule has 0 aliphatic heterocycles. The third-order valence-corrected chi connectivity index (χ3v) is 3.92. The number of hydrogen-bond acceptors (Lipinski definition) is 3. The van der Waals surface area contributed by atoms with Crippen molar-refractivity contribution in [3.63, 3.8) is 0 Å². The Morgan fingerprint density at radius 2 is 1.80 bits per heavy atom. The van der Waals surface area contributed by atoms with Crippen LogP contribution in [0.3, 0.4) is 0 Å². The maximum Gasteiger partial charge on any atom is 0.231 e. The van der Waals surface area contributed by atoms with Crippen molar-refractivity contribution in [3.8, 4) is 0 Å². The molecule has 4 nitrogen and oxygen atoms in total. The van der Waals surface area contributed by atoms with Gasteiger partial charge in [-0.3, -0.25) is 14.5 Å². The fourth-order valence-corrected chi connectivity index (χ4v) is 2.87. The summed E-state index contributed by atoms with van der Waals surface area (Å²) in [6.45, 7) is 0.869. The predicted octanol–water partition coefficient (Wildman–Crippen LogP) is 1.99. The molecule has 4 heteroatoms. The van der Waals surface area contributed by atoms with Crippen LogP contribution in [-0.2, 0) is 4.79 Å². The first kappa shape index (κ1) is 14.7. The number of carbonyl (C=O) groups is 2. The van der Waals surface area contributed by atoms with Gasteiger partial charge in [0, 0.05) is 24.6 Å². The van der Waals surface area contributed by atoms with Crippen LogP contribution in [0.4, 0.5) is 0 Å². The standard InChI is InChI=1S/C16H22N2O2/c17-16(20)12-18(14-8-4-5-9-14)11-10-15(19)13-6-2-1-3-7-13/h1-3,6-7,14H,4-5,8-12H2,(H2,17,20). The van der Waals surface area contributed by atoms with Crippen molar-refractivity contribution < 1.29 is 9.59 Å². The molecule has 1 aromatic rings. The molecule has 0 heterocycles. The van der Waals surface area contributed by atoms with Gasteiger partial charge in [-0.15, -0.1) is 0 Å². The Balaban J connectivity index is 1.91. The largest absolute Gasteiger partial charge is 0.369 e. The highest BCUT2D eigenvalue weighted by atomic mass is 16.1. The van der Waals surface area contributed by atoms with Crippen LogP contribution in [0, 0.1) is 0 Å². The molecule has 0 spiro atoms. The minimum atomic E-state index is -0.316. The molecule has 1 fully saturated rings. The molecule has 0 unspecified atom stereocenters. The second-order valence-electron chi connectivity index (χ2n) is 5.41. The number of nitrogens with two attached hydrogens (primary N) is 1. The number of primary amides is 1. The van der Waals surface area contributed by atoms with Crippen molar-refractivity contribution in [1.29, 1.82) is 0 Å². The fourth-order valence-electron chi connectivity index (χ4n) is 2.87. The zero-order chi connectivity index (χ0) is 14.4. The lowest BCUT2D eigenvalue weighted by Gasteiger charge is -2.27. The maximum atomic E-state index is 12.1. The molecule has 0 radical (unpaired) electrons. The molecule has 1 aliphatic rings. The molecule has 0 aromatic heterocycles. The highest BCUT2D eigenvalue weighted by Crippen LogP contribution is 2.23. The van der Waals surface area contributed by atoms with E-state index in [0.29, 0.717) is 19.0 Å². The SMILES string of the molecule is NC(=O)CN(CCC(=O)c1ccccc1)C1CCCC1. The van der Waals surface area contributed by atoms with E-state index in [1.54, 1.807) is 0 Å². The van der Waals surface area contributed by atoms with Gasteiger partial charge in [-0.05, 0) is 12.8 Å². The first-order chi connectivity index (χ1) is 9.66. The first-order valence-corrected chi connectivity index (χ1v) is 7.27.